The normalized spacial score (nSPS) is 13.3. The Morgan fingerprint density at radius 3 is 2.59 bits per heavy atom. The number of carbonyl (C=O) groups is 2. The molecule has 7 nitrogen and oxygen atoms in total. The van der Waals surface area contributed by atoms with Crippen LogP contribution in [0.25, 0.3) is 0 Å². The number of fused-ring (bicyclic) bond motifs is 1. The molecule has 2 aromatic carbocycles. The number of thiophene rings is 1. The summed E-state index contributed by atoms with van der Waals surface area (Å²) in [5, 5.41) is 0. The number of carbonyl (C=O) groups excluding carboxylic acids is 2. The Kier molecular flexibility index (Phi) is 6.63. The first-order chi connectivity index (χ1) is 15.3. The molecule has 10 heteroatoms. The van der Waals surface area contributed by atoms with Crippen LogP contribution in [0.5, 0.6) is 0 Å². The maximum absolute atomic E-state index is 12.7. The van der Waals surface area contributed by atoms with Crippen LogP contribution in [0.3, 0.4) is 0 Å². The molecule has 1 N–H and O–H groups in total. The first kappa shape index (κ1) is 22.5. The Hall–Kier alpha value is -2.69. The van der Waals surface area contributed by atoms with Gasteiger partial charge in [0.15, 0.2) is 6.61 Å². The predicted octanol–water partition coefficient (Wildman–Crippen LogP) is 4.45. The number of sulfonamides is 1. The summed E-state index contributed by atoms with van der Waals surface area (Å²) in [6, 6.07) is 16.9. The smallest absolute Gasteiger partial charge is 0.340 e. The van der Waals surface area contributed by atoms with Crippen LogP contribution in [-0.4, -0.2) is 33.4 Å². The molecular weight excluding hydrogens is 516 g/mol. The van der Waals surface area contributed by atoms with E-state index < -0.39 is 22.6 Å². The van der Waals surface area contributed by atoms with E-state index in [1.165, 1.54) is 18.2 Å². The van der Waals surface area contributed by atoms with E-state index in [9.17, 15) is 18.0 Å². The number of amides is 1. The minimum absolute atomic E-state index is 0.0264. The minimum atomic E-state index is -3.87. The minimum Gasteiger partial charge on any atom is -0.452 e. The van der Waals surface area contributed by atoms with Crippen LogP contribution in [0.1, 0.15) is 22.3 Å². The number of para-hydroxylation sites is 2. The third-order valence-corrected chi connectivity index (χ3v) is 8.42. The molecule has 1 amide bonds. The Labute approximate surface area is 198 Å². The summed E-state index contributed by atoms with van der Waals surface area (Å²) in [6.07, 6.45) is 1.73. The topological polar surface area (TPSA) is 92.8 Å². The van der Waals surface area contributed by atoms with Gasteiger partial charge in [-0.3, -0.25) is 9.52 Å². The summed E-state index contributed by atoms with van der Waals surface area (Å²) < 4.78 is 33.7. The van der Waals surface area contributed by atoms with Crippen molar-refractivity contribution in [1.29, 1.82) is 0 Å². The molecule has 166 valence electrons. The molecule has 1 aliphatic rings. The maximum atomic E-state index is 12.7. The van der Waals surface area contributed by atoms with Gasteiger partial charge in [0, 0.05) is 12.2 Å². The van der Waals surface area contributed by atoms with Crippen molar-refractivity contribution in [2.24, 2.45) is 0 Å². The molecule has 0 radical (unpaired) electrons. The standard InChI is InChI=1S/C22H19BrN2O5S2/c23-19-11-12-21(31-19)32(28,29)24-17-9-3-2-8-16(17)22(27)30-14-20(26)25-13-5-7-15-6-1-4-10-18(15)25/h1-4,6,8-12,24H,5,7,13-14H2. The van der Waals surface area contributed by atoms with Gasteiger partial charge in [-0.05, 0) is 64.7 Å². The second kappa shape index (κ2) is 9.43. The van der Waals surface area contributed by atoms with E-state index in [4.69, 9.17) is 4.74 Å². The van der Waals surface area contributed by atoms with Crippen molar-refractivity contribution < 1.29 is 22.7 Å². The number of hydrogen-bond acceptors (Lipinski definition) is 6. The van der Waals surface area contributed by atoms with Crippen LogP contribution >= 0.6 is 27.3 Å². The van der Waals surface area contributed by atoms with Crippen molar-refractivity contribution in [2.45, 2.75) is 17.1 Å². The first-order valence-electron chi connectivity index (χ1n) is 9.78. The van der Waals surface area contributed by atoms with Crippen molar-refractivity contribution >= 4 is 60.5 Å². The summed E-state index contributed by atoms with van der Waals surface area (Å²) in [5.74, 6) is -1.11. The third kappa shape index (κ3) is 4.87. The van der Waals surface area contributed by atoms with Crippen molar-refractivity contribution in [1.82, 2.24) is 0 Å². The molecule has 1 aromatic heterocycles. The lowest BCUT2D eigenvalue weighted by Crippen LogP contribution is -2.38. The van der Waals surface area contributed by atoms with Crippen LogP contribution in [-0.2, 0) is 26.0 Å². The predicted molar refractivity (Wildman–Crippen MR) is 127 cm³/mol. The molecule has 2 heterocycles. The highest BCUT2D eigenvalue weighted by Crippen LogP contribution is 2.29. The molecular formula is C22H19BrN2O5S2. The second-order valence-corrected chi connectivity index (χ2v) is 11.4. The van der Waals surface area contributed by atoms with Gasteiger partial charge in [-0.2, -0.15) is 0 Å². The first-order valence-corrected chi connectivity index (χ1v) is 12.9. The van der Waals surface area contributed by atoms with E-state index in [0.29, 0.717) is 10.3 Å². The van der Waals surface area contributed by atoms with E-state index >= 15 is 0 Å². The highest BCUT2D eigenvalue weighted by molar-refractivity contribution is 9.11. The zero-order valence-electron chi connectivity index (χ0n) is 16.8. The number of hydrogen-bond donors (Lipinski definition) is 1. The van der Waals surface area contributed by atoms with Gasteiger partial charge < -0.3 is 9.64 Å². The molecule has 0 atom stereocenters. The lowest BCUT2D eigenvalue weighted by molar-refractivity contribution is -0.121. The molecule has 4 rings (SSSR count). The molecule has 1 aliphatic heterocycles. The van der Waals surface area contributed by atoms with Crippen molar-refractivity contribution in [3.05, 3.63) is 75.6 Å². The fourth-order valence-electron chi connectivity index (χ4n) is 3.46. The number of nitrogens with zero attached hydrogens (tertiary/aromatic N) is 1. The highest BCUT2D eigenvalue weighted by atomic mass is 79.9. The van der Waals surface area contributed by atoms with Gasteiger partial charge in [-0.25, -0.2) is 13.2 Å². The van der Waals surface area contributed by atoms with Gasteiger partial charge in [0.2, 0.25) is 0 Å². The molecule has 0 unspecified atom stereocenters. The van der Waals surface area contributed by atoms with Gasteiger partial charge in [-0.1, -0.05) is 30.3 Å². The number of esters is 1. The monoisotopic (exact) mass is 534 g/mol. The summed E-state index contributed by atoms with van der Waals surface area (Å²) in [7, 11) is -3.87. The van der Waals surface area contributed by atoms with Crippen LogP contribution in [0.2, 0.25) is 0 Å². The van der Waals surface area contributed by atoms with Crippen LogP contribution in [0.4, 0.5) is 11.4 Å². The van der Waals surface area contributed by atoms with Crippen LogP contribution in [0.15, 0.2) is 68.7 Å². The molecule has 0 bridgehead atoms. The van der Waals surface area contributed by atoms with Crippen molar-refractivity contribution in [3.63, 3.8) is 0 Å². The summed E-state index contributed by atoms with van der Waals surface area (Å²) in [5.41, 5.74) is 2.02. The summed E-state index contributed by atoms with van der Waals surface area (Å²) in [4.78, 5) is 27.0. The van der Waals surface area contributed by atoms with Crippen molar-refractivity contribution in [2.75, 3.05) is 22.8 Å². The summed E-state index contributed by atoms with van der Waals surface area (Å²) >= 11 is 4.29. The number of benzene rings is 2. The maximum Gasteiger partial charge on any atom is 0.340 e. The van der Waals surface area contributed by atoms with Crippen LogP contribution < -0.4 is 9.62 Å². The van der Waals surface area contributed by atoms with E-state index in [2.05, 4.69) is 20.7 Å². The van der Waals surface area contributed by atoms with E-state index in [0.717, 1.165) is 35.4 Å². The van der Waals surface area contributed by atoms with Gasteiger partial charge in [0.1, 0.15) is 4.21 Å². The van der Waals surface area contributed by atoms with Gasteiger partial charge in [-0.15, -0.1) is 11.3 Å². The third-order valence-electron chi connectivity index (χ3n) is 4.94. The lowest BCUT2D eigenvalue weighted by atomic mass is 10.0. The average molecular weight is 535 g/mol. The molecule has 0 saturated heterocycles. The van der Waals surface area contributed by atoms with Crippen molar-refractivity contribution in [3.8, 4) is 0 Å². The Morgan fingerprint density at radius 2 is 1.81 bits per heavy atom. The highest BCUT2D eigenvalue weighted by Gasteiger charge is 2.25. The number of rotatable bonds is 6. The largest absolute Gasteiger partial charge is 0.452 e. The zero-order chi connectivity index (χ0) is 22.7. The molecule has 3 aromatic rings. The Bertz CT molecular complexity index is 1270. The average Bonchev–Trinajstić information content (AvgIpc) is 3.24. The fourth-order valence-corrected chi connectivity index (χ4v) is 6.55. The number of nitrogens with one attached hydrogen (secondary N) is 1. The SMILES string of the molecule is O=C(OCC(=O)N1CCCc2ccccc21)c1ccccc1NS(=O)(=O)c1ccc(Br)s1. The van der Waals surface area contributed by atoms with Gasteiger partial charge in [0.05, 0.1) is 15.0 Å². The van der Waals surface area contributed by atoms with E-state index in [1.807, 2.05) is 24.3 Å². The van der Waals surface area contributed by atoms with E-state index in [-0.39, 0.29) is 21.4 Å². The Morgan fingerprint density at radius 1 is 1.06 bits per heavy atom. The molecule has 0 saturated carbocycles. The molecule has 0 spiro atoms. The van der Waals surface area contributed by atoms with Gasteiger partial charge >= 0.3 is 5.97 Å². The molecule has 32 heavy (non-hydrogen) atoms. The lowest BCUT2D eigenvalue weighted by Gasteiger charge is -2.29. The number of halogens is 1. The second-order valence-electron chi connectivity index (χ2n) is 7.06. The summed E-state index contributed by atoms with van der Waals surface area (Å²) in [6.45, 7) is 0.117. The van der Waals surface area contributed by atoms with Crippen LogP contribution in [0, 0.1) is 0 Å². The molecule has 0 aliphatic carbocycles. The number of aryl methyl sites for hydroxylation is 1. The number of ether oxygens (including phenoxy) is 1. The number of anilines is 2. The molecule has 0 fully saturated rings. The Balaban J connectivity index is 1.46. The van der Waals surface area contributed by atoms with E-state index in [1.54, 1.807) is 23.1 Å². The zero-order valence-corrected chi connectivity index (χ0v) is 20.0. The van der Waals surface area contributed by atoms with Gasteiger partial charge in [0.25, 0.3) is 15.9 Å². The quantitative estimate of drug-likeness (QED) is 0.471. The fraction of sp³-hybridized carbons (Fsp3) is 0.182.